The van der Waals surface area contributed by atoms with Gasteiger partial charge in [-0.05, 0) is 42.3 Å². The van der Waals surface area contributed by atoms with Gasteiger partial charge in [0.05, 0.1) is 11.6 Å². The van der Waals surface area contributed by atoms with E-state index in [-0.39, 0.29) is 12.3 Å². The van der Waals surface area contributed by atoms with Crippen molar-refractivity contribution in [2.45, 2.75) is 32.1 Å². The Morgan fingerprint density at radius 3 is 2.50 bits per heavy atom. The molecular weight excluding hydrogens is 383 g/mol. The highest BCUT2D eigenvalue weighted by Crippen LogP contribution is 2.30. The van der Waals surface area contributed by atoms with Gasteiger partial charge < -0.3 is 15.4 Å². The van der Waals surface area contributed by atoms with Gasteiger partial charge in [0, 0.05) is 6.54 Å². The highest BCUT2D eigenvalue weighted by Gasteiger charge is 2.30. The molecule has 0 aliphatic rings. The lowest BCUT2D eigenvalue weighted by atomic mass is 10.1. The normalized spacial score (nSPS) is 12.5. The van der Waals surface area contributed by atoms with Crippen LogP contribution in [0.15, 0.2) is 48.5 Å². The van der Waals surface area contributed by atoms with Crippen molar-refractivity contribution in [3.05, 3.63) is 65.2 Å². The van der Waals surface area contributed by atoms with E-state index in [9.17, 15) is 26.7 Å². The fourth-order valence-electron chi connectivity index (χ4n) is 2.40. The zero-order valence-electron chi connectivity index (χ0n) is 14.9. The number of halogens is 5. The van der Waals surface area contributed by atoms with Gasteiger partial charge >= 0.3 is 12.2 Å². The van der Waals surface area contributed by atoms with Gasteiger partial charge in [-0.1, -0.05) is 24.3 Å². The molecule has 4 nitrogen and oxygen atoms in total. The molecule has 0 aliphatic carbocycles. The predicted molar refractivity (Wildman–Crippen MR) is 93.2 cm³/mol. The average Bonchev–Trinajstić information content (AvgIpc) is 2.64. The van der Waals surface area contributed by atoms with E-state index in [1.807, 2.05) is 0 Å². The minimum absolute atomic E-state index is 0.0903. The van der Waals surface area contributed by atoms with E-state index in [1.165, 1.54) is 24.3 Å². The molecule has 0 bridgehead atoms. The van der Waals surface area contributed by atoms with Crippen molar-refractivity contribution < 1.29 is 31.5 Å². The standard InChI is InChI=1S/C19H19F5N2O2/c1-12(14-5-3-6-15(9-14)19(22,23)24)26-18(27)25-10-13-4-2-7-16(8-13)28-11-17(20)21/h2-9,12,17H,10-11H2,1H3,(H2,25,26,27). The number of rotatable bonds is 7. The van der Waals surface area contributed by atoms with Crippen molar-refractivity contribution >= 4 is 6.03 Å². The fourth-order valence-corrected chi connectivity index (χ4v) is 2.40. The summed E-state index contributed by atoms with van der Waals surface area (Å²) in [6.07, 6.45) is -7.06. The number of nitrogens with one attached hydrogen (secondary N) is 2. The Labute approximate surface area is 158 Å². The molecule has 0 heterocycles. The van der Waals surface area contributed by atoms with E-state index in [2.05, 4.69) is 10.6 Å². The van der Waals surface area contributed by atoms with Crippen molar-refractivity contribution in [2.75, 3.05) is 6.61 Å². The summed E-state index contributed by atoms with van der Waals surface area (Å²) in [5.74, 6) is 0.248. The van der Waals surface area contributed by atoms with E-state index in [0.717, 1.165) is 12.1 Å². The highest BCUT2D eigenvalue weighted by molar-refractivity contribution is 5.74. The van der Waals surface area contributed by atoms with Crippen molar-refractivity contribution in [3.8, 4) is 5.75 Å². The van der Waals surface area contributed by atoms with Crippen LogP contribution in [0.3, 0.4) is 0 Å². The first kappa shape index (κ1) is 21.5. The lowest BCUT2D eigenvalue weighted by molar-refractivity contribution is -0.137. The van der Waals surface area contributed by atoms with Gasteiger partial charge in [0.2, 0.25) is 0 Å². The van der Waals surface area contributed by atoms with Crippen LogP contribution in [0.1, 0.15) is 29.7 Å². The Bertz CT molecular complexity index is 796. The van der Waals surface area contributed by atoms with Gasteiger partial charge in [-0.2, -0.15) is 13.2 Å². The van der Waals surface area contributed by atoms with E-state index in [4.69, 9.17) is 4.74 Å². The monoisotopic (exact) mass is 402 g/mol. The molecule has 0 aliphatic heterocycles. The maximum absolute atomic E-state index is 12.8. The second-order valence-electron chi connectivity index (χ2n) is 6.02. The van der Waals surface area contributed by atoms with E-state index in [1.54, 1.807) is 19.1 Å². The number of carbonyl (C=O) groups excluding carboxylic acids is 1. The van der Waals surface area contributed by atoms with Crippen LogP contribution in [0, 0.1) is 0 Å². The minimum Gasteiger partial charge on any atom is -0.488 e. The van der Waals surface area contributed by atoms with Crippen molar-refractivity contribution in [2.24, 2.45) is 0 Å². The first-order valence-electron chi connectivity index (χ1n) is 8.36. The zero-order valence-corrected chi connectivity index (χ0v) is 14.9. The molecule has 2 amide bonds. The van der Waals surface area contributed by atoms with Crippen LogP contribution >= 0.6 is 0 Å². The van der Waals surface area contributed by atoms with E-state index < -0.39 is 36.8 Å². The molecule has 1 unspecified atom stereocenters. The number of benzene rings is 2. The van der Waals surface area contributed by atoms with Crippen LogP contribution in [0.5, 0.6) is 5.75 Å². The van der Waals surface area contributed by atoms with Crippen LogP contribution < -0.4 is 15.4 Å². The Morgan fingerprint density at radius 2 is 1.82 bits per heavy atom. The molecule has 28 heavy (non-hydrogen) atoms. The van der Waals surface area contributed by atoms with Gasteiger partial charge in [-0.25, -0.2) is 13.6 Å². The highest BCUT2D eigenvalue weighted by atomic mass is 19.4. The van der Waals surface area contributed by atoms with Crippen LogP contribution in [-0.2, 0) is 12.7 Å². The van der Waals surface area contributed by atoms with Crippen LogP contribution in [0.25, 0.3) is 0 Å². The number of ether oxygens (including phenoxy) is 1. The predicted octanol–water partition coefficient (Wildman–Crippen LogP) is 4.91. The van der Waals surface area contributed by atoms with Crippen molar-refractivity contribution in [3.63, 3.8) is 0 Å². The molecule has 2 N–H and O–H groups in total. The molecule has 1 atom stereocenters. The lowest BCUT2D eigenvalue weighted by Gasteiger charge is -2.17. The summed E-state index contributed by atoms with van der Waals surface area (Å²) in [5.41, 5.74) is 0.140. The molecule has 0 radical (unpaired) electrons. The Hall–Kier alpha value is -2.84. The number of hydrogen-bond acceptors (Lipinski definition) is 2. The smallest absolute Gasteiger partial charge is 0.416 e. The maximum atomic E-state index is 12.8. The third-order valence-electron chi connectivity index (χ3n) is 3.79. The van der Waals surface area contributed by atoms with E-state index >= 15 is 0 Å². The molecule has 2 rings (SSSR count). The molecule has 0 fully saturated rings. The minimum atomic E-state index is -4.46. The third-order valence-corrected chi connectivity index (χ3v) is 3.79. The molecule has 9 heteroatoms. The summed E-state index contributed by atoms with van der Waals surface area (Å²) in [6.45, 7) is 0.923. The van der Waals surface area contributed by atoms with Gasteiger partial charge in [-0.15, -0.1) is 0 Å². The SMILES string of the molecule is CC(NC(=O)NCc1cccc(OCC(F)F)c1)c1cccc(C(F)(F)F)c1. The van der Waals surface area contributed by atoms with Gasteiger partial charge in [0.15, 0.2) is 0 Å². The van der Waals surface area contributed by atoms with E-state index in [0.29, 0.717) is 11.1 Å². The zero-order chi connectivity index (χ0) is 20.7. The largest absolute Gasteiger partial charge is 0.488 e. The number of alkyl halides is 5. The van der Waals surface area contributed by atoms with Crippen molar-refractivity contribution in [1.29, 1.82) is 0 Å². The number of hydrogen-bond donors (Lipinski definition) is 2. The Balaban J connectivity index is 1.90. The first-order chi connectivity index (χ1) is 13.1. The number of carbonyl (C=O) groups is 1. The molecule has 2 aromatic rings. The molecule has 0 spiro atoms. The molecular formula is C19H19F5N2O2. The van der Waals surface area contributed by atoms with Crippen LogP contribution in [0.4, 0.5) is 26.7 Å². The first-order valence-corrected chi connectivity index (χ1v) is 8.36. The van der Waals surface area contributed by atoms with Crippen LogP contribution in [-0.4, -0.2) is 19.1 Å². The number of amides is 2. The Kier molecular flexibility index (Phi) is 7.19. The lowest BCUT2D eigenvalue weighted by Crippen LogP contribution is -2.36. The summed E-state index contributed by atoms with van der Waals surface area (Å²) in [5, 5.41) is 5.11. The summed E-state index contributed by atoms with van der Waals surface area (Å²) >= 11 is 0. The molecule has 0 saturated carbocycles. The molecule has 0 aromatic heterocycles. The maximum Gasteiger partial charge on any atom is 0.416 e. The second-order valence-corrected chi connectivity index (χ2v) is 6.02. The Morgan fingerprint density at radius 1 is 1.11 bits per heavy atom. The van der Waals surface area contributed by atoms with Crippen LogP contribution in [0.2, 0.25) is 0 Å². The molecule has 2 aromatic carbocycles. The van der Waals surface area contributed by atoms with Gasteiger partial charge in [0.25, 0.3) is 6.43 Å². The summed E-state index contributed by atoms with van der Waals surface area (Å²) in [4.78, 5) is 12.0. The second kappa shape index (κ2) is 9.38. The third kappa shape index (κ3) is 6.71. The number of urea groups is 1. The molecule has 152 valence electrons. The molecule has 0 saturated heterocycles. The summed E-state index contributed by atoms with van der Waals surface area (Å²) < 4.78 is 67.6. The van der Waals surface area contributed by atoms with Gasteiger partial charge in [0.1, 0.15) is 12.4 Å². The fraction of sp³-hybridized carbons (Fsp3) is 0.316. The topological polar surface area (TPSA) is 50.4 Å². The quantitative estimate of drug-likeness (QED) is 0.647. The van der Waals surface area contributed by atoms with Gasteiger partial charge in [-0.3, -0.25) is 0 Å². The van der Waals surface area contributed by atoms with Crippen molar-refractivity contribution in [1.82, 2.24) is 10.6 Å². The average molecular weight is 402 g/mol. The summed E-state index contributed by atoms with van der Waals surface area (Å²) in [6, 6.07) is 9.77. The summed E-state index contributed by atoms with van der Waals surface area (Å²) in [7, 11) is 0.